The van der Waals surface area contributed by atoms with Gasteiger partial charge in [-0.25, -0.2) is 14.6 Å². The number of nitro groups is 1. The number of allylic oxidation sites excluding steroid dienone is 1. The van der Waals surface area contributed by atoms with Gasteiger partial charge in [0.25, 0.3) is 5.69 Å². The van der Waals surface area contributed by atoms with E-state index >= 15 is 0 Å². The first-order valence-electron chi connectivity index (χ1n) is 9.62. The number of ether oxygens (including phenoxy) is 3. The van der Waals surface area contributed by atoms with Crippen molar-refractivity contribution >= 4 is 24.0 Å². The number of nitrogens with one attached hydrogen (secondary N) is 1. The second-order valence-electron chi connectivity index (χ2n) is 7.04. The normalized spacial score (nSPS) is 16.1. The van der Waals surface area contributed by atoms with Gasteiger partial charge >= 0.3 is 11.9 Å². The van der Waals surface area contributed by atoms with Crippen LogP contribution in [0.5, 0.6) is 0 Å². The van der Waals surface area contributed by atoms with Crippen LogP contribution >= 0.6 is 0 Å². The molecular formula is C21H26N4O7. The molecule has 11 heteroatoms. The second kappa shape index (κ2) is 11.0. The fourth-order valence-corrected chi connectivity index (χ4v) is 3.13. The summed E-state index contributed by atoms with van der Waals surface area (Å²) < 4.78 is 15.2. The van der Waals surface area contributed by atoms with Crippen LogP contribution in [0.2, 0.25) is 0 Å². The molecule has 1 aliphatic rings. The van der Waals surface area contributed by atoms with Crippen molar-refractivity contribution in [3.63, 3.8) is 0 Å². The highest BCUT2D eigenvalue weighted by Gasteiger charge is 2.39. The Bertz CT molecular complexity index is 982. The van der Waals surface area contributed by atoms with Gasteiger partial charge in [-0.15, -0.1) is 0 Å². The van der Waals surface area contributed by atoms with Crippen LogP contribution in [0.1, 0.15) is 18.4 Å². The molecule has 1 atom stereocenters. The van der Waals surface area contributed by atoms with Gasteiger partial charge in [0.1, 0.15) is 12.4 Å². The molecule has 11 nitrogen and oxygen atoms in total. The van der Waals surface area contributed by atoms with Gasteiger partial charge in [-0.05, 0) is 12.5 Å². The minimum atomic E-state index is -1.01. The van der Waals surface area contributed by atoms with E-state index in [9.17, 15) is 19.7 Å². The summed E-state index contributed by atoms with van der Waals surface area (Å²) in [5.74, 6) is -2.28. The van der Waals surface area contributed by atoms with Crippen molar-refractivity contribution < 1.29 is 28.7 Å². The Balaban J connectivity index is 2.72. The lowest BCUT2D eigenvalue weighted by atomic mass is 9.81. The van der Waals surface area contributed by atoms with E-state index in [1.807, 2.05) is 0 Å². The Morgan fingerprint density at radius 3 is 2.53 bits per heavy atom. The van der Waals surface area contributed by atoms with Crippen molar-refractivity contribution in [2.45, 2.75) is 12.8 Å². The maximum atomic E-state index is 13.0. The fraction of sp³-hybridized carbons (Fsp3) is 0.381. The molecule has 1 aromatic rings. The zero-order valence-electron chi connectivity index (χ0n) is 18.6. The summed E-state index contributed by atoms with van der Waals surface area (Å²) in [7, 11) is 6.18. The Hall–Kier alpha value is -3.73. The maximum Gasteiger partial charge on any atom is 0.338 e. The van der Waals surface area contributed by atoms with Gasteiger partial charge in [-0.2, -0.15) is 0 Å². The first kappa shape index (κ1) is 24.5. The number of aliphatic imine (C=N–C) groups is 1. The molecule has 0 bridgehead atoms. The van der Waals surface area contributed by atoms with E-state index < -0.39 is 22.8 Å². The van der Waals surface area contributed by atoms with Crippen LogP contribution in [0.4, 0.5) is 5.69 Å². The highest BCUT2D eigenvalue weighted by atomic mass is 16.6. The Morgan fingerprint density at radius 2 is 1.94 bits per heavy atom. The highest BCUT2D eigenvalue weighted by Crippen LogP contribution is 2.40. The number of rotatable bonds is 9. The molecule has 1 aromatic carbocycles. The summed E-state index contributed by atoms with van der Waals surface area (Å²) in [5.41, 5.74) is 0.689. The third kappa shape index (κ3) is 5.70. The van der Waals surface area contributed by atoms with E-state index in [2.05, 4.69) is 10.3 Å². The SMILES string of the molecule is COCCOC(=O)C1=C(C)NC(N=CN(C)C)=C(C(=O)OC)C1c1cccc([N+](=O)[O-])c1. The van der Waals surface area contributed by atoms with Gasteiger partial charge in [0, 0.05) is 39.0 Å². The number of dihydropyridines is 1. The molecule has 0 radical (unpaired) electrons. The Labute approximate surface area is 185 Å². The average molecular weight is 446 g/mol. The predicted octanol–water partition coefficient (Wildman–Crippen LogP) is 1.72. The van der Waals surface area contributed by atoms with Crippen molar-refractivity contribution in [2.75, 3.05) is 41.5 Å². The molecule has 0 fully saturated rings. The van der Waals surface area contributed by atoms with Crippen molar-refractivity contribution in [1.29, 1.82) is 0 Å². The van der Waals surface area contributed by atoms with E-state index in [0.29, 0.717) is 11.3 Å². The molecule has 0 amide bonds. The zero-order chi connectivity index (χ0) is 23.8. The number of nitro benzene ring substituents is 1. The van der Waals surface area contributed by atoms with Crippen LogP contribution in [0, 0.1) is 10.1 Å². The monoisotopic (exact) mass is 446 g/mol. The molecule has 1 unspecified atom stereocenters. The third-order valence-electron chi connectivity index (χ3n) is 4.52. The van der Waals surface area contributed by atoms with Crippen LogP contribution in [0.15, 0.2) is 51.9 Å². The lowest BCUT2D eigenvalue weighted by Gasteiger charge is -2.29. The van der Waals surface area contributed by atoms with E-state index in [1.54, 1.807) is 32.0 Å². The molecular weight excluding hydrogens is 420 g/mol. The molecule has 0 saturated carbocycles. The van der Waals surface area contributed by atoms with Gasteiger partial charge in [0.05, 0.1) is 42.0 Å². The lowest BCUT2D eigenvalue weighted by molar-refractivity contribution is -0.384. The van der Waals surface area contributed by atoms with E-state index in [0.717, 1.165) is 0 Å². The second-order valence-corrected chi connectivity index (χ2v) is 7.04. The maximum absolute atomic E-state index is 13.0. The van der Waals surface area contributed by atoms with E-state index in [-0.39, 0.29) is 35.9 Å². The predicted molar refractivity (Wildman–Crippen MR) is 116 cm³/mol. The zero-order valence-corrected chi connectivity index (χ0v) is 18.6. The molecule has 0 saturated heterocycles. The summed E-state index contributed by atoms with van der Waals surface area (Å²) >= 11 is 0. The molecule has 2 rings (SSSR count). The number of hydrogen-bond acceptors (Lipinski definition) is 9. The summed E-state index contributed by atoms with van der Waals surface area (Å²) in [4.78, 5) is 42.6. The molecule has 1 heterocycles. The van der Waals surface area contributed by atoms with Crippen molar-refractivity contribution in [3.8, 4) is 0 Å². The largest absolute Gasteiger partial charge is 0.466 e. The van der Waals surface area contributed by atoms with Gasteiger partial charge in [0.15, 0.2) is 0 Å². The number of non-ortho nitro benzene ring substituents is 1. The molecule has 0 aromatic heterocycles. The Kier molecular flexibility index (Phi) is 8.47. The van der Waals surface area contributed by atoms with Crippen LogP contribution < -0.4 is 5.32 Å². The standard InChI is InChI=1S/C21H26N4O7/c1-13-16(21(27)32-10-9-30-4)17(14-7-6-8-15(11-14)25(28)29)18(20(26)31-5)19(23-13)22-12-24(2)3/h6-8,11-12,17,23H,9-10H2,1-5H3. The van der Waals surface area contributed by atoms with Gasteiger partial charge in [-0.3, -0.25) is 10.1 Å². The number of methoxy groups -OCH3 is 2. The van der Waals surface area contributed by atoms with Crippen molar-refractivity contribution in [3.05, 3.63) is 62.6 Å². The third-order valence-corrected chi connectivity index (χ3v) is 4.52. The molecule has 172 valence electrons. The molecule has 32 heavy (non-hydrogen) atoms. The summed E-state index contributed by atoms with van der Waals surface area (Å²) in [6.07, 6.45) is 1.48. The number of benzene rings is 1. The lowest BCUT2D eigenvalue weighted by Crippen LogP contribution is -2.33. The minimum absolute atomic E-state index is 0.00329. The van der Waals surface area contributed by atoms with Crippen molar-refractivity contribution in [2.24, 2.45) is 4.99 Å². The molecule has 0 spiro atoms. The highest BCUT2D eigenvalue weighted by molar-refractivity contribution is 6.00. The average Bonchev–Trinajstić information content (AvgIpc) is 2.76. The van der Waals surface area contributed by atoms with Crippen LogP contribution in [-0.4, -0.2) is 69.6 Å². The molecule has 1 aliphatic heterocycles. The van der Waals surface area contributed by atoms with Gasteiger partial charge in [0.2, 0.25) is 0 Å². The molecule has 1 N–H and O–H groups in total. The number of carbonyl (C=O) groups is 2. The number of nitrogens with zero attached hydrogens (tertiary/aromatic N) is 3. The van der Waals surface area contributed by atoms with E-state index in [1.165, 1.54) is 38.8 Å². The fourth-order valence-electron chi connectivity index (χ4n) is 3.13. The van der Waals surface area contributed by atoms with Gasteiger partial charge in [-0.1, -0.05) is 12.1 Å². The number of carbonyl (C=O) groups excluding carboxylic acids is 2. The van der Waals surface area contributed by atoms with Crippen molar-refractivity contribution in [1.82, 2.24) is 10.2 Å². The van der Waals surface area contributed by atoms with Gasteiger partial charge < -0.3 is 24.4 Å². The first-order valence-corrected chi connectivity index (χ1v) is 9.62. The first-order chi connectivity index (χ1) is 15.2. The minimum Gasteiger partial charge on any atom is -0.466 e. The van der Waals surface area contributed by atoms with Crippen LogP contribution in [0.25, 0.3) is 0 Å². The smallest absolute Gasteiger partial charge is 0.338 e. The van der Waals surface area contributed by atoms with Crippen LogP contribution in [0.3, 0.4) is 0 Å². The van der Waals surface area contributed by atoms with E-state index in [4.69, 9.17) is 14.2 Å². The summed E-state index contributed by atoms with van der Waals surface area (Å²) in [5, 5.41) is 14.3. The summed E-state index contributed by atoms with van der Waals surface area (Å²) in [6.45, 7) is 1.82. The number of hydrogen-bond donors (Lipinski definition) is 1. The molecule has 0 aliphatic carbocycles. The topological polar surface area (TPSA) is 133 Å². The number of esters is 2. The quantitative estimate of drug-likeness (QED) is 0.150. The Morgan fingerprint density at radius 1 is 1.22 bits per heavy atom. The van der Waals surface area contributed by atoms with Crippen LogP contribution in [-0.2, 0) is 23.8 Å². The summed E-state index contributed by atoms with van der Waals surface area (Å²) in [6, 6.07) is 5.71.